The number of aliphatic carboxylic acids is 1. The maximum Gasteiger partial charge on any atom is 0.309 e. The van der Waals surface area contributed by atoms with Crippen LogP contribution in [0, 0.1) is 5.92 Å². The fourth-order valence-corrected chi connectivity index (χ4v) is 4.11. The number of nitrogens with zero attached hydrogens (tertiary/aromatic N) is 1. The van der Waals surface area contributed by atoms with Gasteiger partial charge >= 0.3 is 5.97 Å². The third-order valence-corrected chi connectivity index (χ3v) is 5.96. The van der Waals surface area contributed by atoms with Crippen molar-refractivity contribution >= 4 is 12.0 Å². The lowest BCUT2D eigenvalue weighted by molar-refractivity contribution is -0.147. The van der Waals surface area contributed by atoms with Gasteiger partial charge in [0.15, 0.2) is 0 Å². The molecule has 1 fully saturated rings. The van der Waals surface area contributed by atoms with E-state index in [0.29, 0.717) is 26.3 Å². The molecule has 2 heterocycles. The highest BCUT2D eigenvalue weighted by Gasteiger charge is 2.32. The summed E-state index contributed by atoms with van der Waals surface area (Å²) in [6, 6.07) is 24.7. The highest BCUT2D eigenvalue weighted by Crippen LogP contribution is 2.31. The fourth-order valence-electron chi connectivity index (χ4n) is 4.11. The zero-order valence-electron chi connectivity index (χ0n) is 17.7. The van der Waals surface area contributed by atoms with Crippen molar-refractivity contribution in [3.8, 4) is 22.6 Å². The van der Waals surface area contributed by atoms with E-state index >= 15 is 0 Å². The SMILES string of the molecule is O=C(O)C1CN(CC2=Cc3ccc(OCc4ccc(-c5ccccc5)cc4)cc3OC2)C1. The summed E-state index contributed by atoms with van der Waals surface area (Å²) in [5.41, 5.74) is 5.69. The molecule has 0 atom stereocenters. The van der Waals surface area contributed by atoms with Gasteiger partial charge in [-0.1, -0.05) is 54.6 Å². The van der Waals surface area contributed by atoms with E-state index in [4.69, 9.17) is 14.6 Å². The second-order valence-corrected chi connectivity index (χ2v) is 8.37. The van der Waals surface area contributed by atoms with Gasteiger partial charge in [-0.05, 0) is 40.5 Å². The van der Waals surface area contributed by atoms with E-state index in [1.807, 2.05) is 36.4 Å². The molecule has 0 radical (unpaired) electrons. The van der Waals surface area contributed by atoms with E-state index in [0.717, 1.165) is 34.7 Å². The van der Waals surface area contributed by atoms with E-state index in [-0.39, 0.29) is 5.92 Å². The van der Waals surface area contributed by atoms with Gasteiger partial charge in [-0.2, -0.15) is 0 Å². The molecule has 1 saturated heterocycles. The number of carbonyl (C=O) groups is 1. The van der Waals surface area contributed by atoms with Crippen molar-refractivity contribution in [2.24, 2.45) is 5.92 Å². The molecule has 0 bridgehead atoms. The fraction of sp³-hybridized carbons (Fsp3) is 0.222. The maximum atomic E-state index is 11.0. The molecule has 0 aromatic heterocycles. The molecular weight excluding hydrogens is 402 g/mol. The predicted octanol–water partition coefficient (Wildman–Crippen LogP) is 4.72. The van der Waals surface area contributed by atoms with Crippen LogP contribution >= 0.6 is 0 Å². The summed E-state index contributed by atoms with van der Waals surface area (Å²) in [6.07, 6.45) is 2.14. The quantitative estimate of drug-likeness (QED) is 0.591. The van der Waals surface area contributed by atoms with Gasteiger partial charge in [-0.15, -0.1) is 0 Å². The van der Waals surface area contributed by atoms with Crippen LogP contribution < -0.4 is 9.47 Å². The zero-order valence-corrected chi connectivity index (χ0v) is 17.7. The van der Waals surface area contributed by atoms with E-state index in [2.05, 4.69) is 47.4 Å². The molecule has 3 aromatic rings. The summed E-state index contributed by atoms with van der Waals surface area (Å²) in [5, 5.41) is 9.01. The Balaban J connectivity index is 1.17. The Morgan fingerprint density at radius 2 is 1.75 bits per heavy atom. The zero-order chi connectivity index (χ0) is 21.9. The molecule has 5 heteroatoms. The van der Waals surface area contributed by atoms with Crippen molar-refractivity contribution in [3.05, 3.63) is 89.5 Å². The van der Waals surface area contributed by atoms with E-state index < -0.39 is 5.97 Å². The van der Waals surface area contributed by atoms with Crippen molar-refractivity contribution in [1.29, 1.82) is 0 Å². The number of ether oxygens (including phenoxy) is 2. The summed E-state index contributed by atoms with van der Waals surface area (Å²) in [5.74, 6) is 0.652. The molecule has 0 saturated carbocycles. The van der Waals surface area contributed by atoms with Gasteiger partial charge in [0.2, 0.25) is 0 Å². The number of fused-ring (bicyclic) bond motifs is 1. The van der Waals surface area contributed by atoms with Gasteiger partial charge in [-0.25, -0.2) is 0 Å². The van der Waals surface area contributed by atoms with Crippen LogP contribution in [0.3, 0.4) is 0 Å². The number of rotatable bonds is 7. The Labute approximate surface area is 187 Å². The molecule has 0 unspecified atom stereocenters. The lowest BCUT2D eigenvalue weighted by Gasteiger charge is -2.37. The van der Waals surface area contributed by atoms with Crippen LogP contribution in [0.25, 0.3) is 17.2 Å². The lowest BCUT2D eigenvalue weighted by atomic mass is 9.98. The molecule has 5 nitrogen and oxygen atoms in total. The molecule has 0 amide bonds. The lowest BCUT2D eigenvalue weighted by Crippen LogP contribution is -2.51. The average molecular weight is 428 g/mol. The molecule has 0 aliphatic carbocycles. The van der Waals surface area contributed by atoms with Crippen LogP contribution in [0.1, 0.15) is 11.1 Å². The first-order valence-corrected chi connectivity index (χ1v) is 10.8. The molecule has 162 valence electrons. The number of benzene rings is 3. The van der Waals surface area contributed by atoms with E-state index in [1.54, 1.807) is 0 Å². The number of carboxylic acid groups (broad SMARTS) is 1. The number of carboxylic acids is 1. The average Bonchev–Trinajstić information content (AvgIpc) is 2.80. The molecule has 3 aromatic carbocycles. The summed E-state index contributed by atoms with van der Waals surface area (Å²) < 4.78 is 11.9. The third kappa shape index (κ3) is 4.53. The van der Waals surface area contributed by atoms with E-state index in [1.165, 1.54) is 11.1 Å². The normalized spacial score (nSPS) is 15.8. The van der Waals surface area contributed by atoms with Crippen molar-refractivity contribution in [3.63, 3.8) is 0 Å². The molecule has 5 rings (SSSR count). The Bertz CT molecular complexity index is 1130. The highest BCUT2D eigenvalue weighted by atomic mass is 16.5. The van der Waals surface area contributed by atoms with Crippen LogP contribution in [0.2, 0.25) is 0 Å². The minimum absolute atomic E-state index is 0.235. The standard InChI is InChI=1S/C27H25NO4/c29-27(30)24-15-28(16-24)14-20-12-23-10-11-25(13-26(23)32-18-20)31-17-19-6-8-22(9-7-19)21-4-2-1-3-5-21/h1-13,24H,14-18H2,(H,29,30). The number of hydrogen-bond acceptors (Lipinski definition) is 4. The summed E-state index contributed by atoms with van der Waals surface area (Å²) in [7, 11) is 0. The predicted molar refractivity (Wildman–Crippen MR) is 124 cm³/mol. The van der Waals surface area contributed by atoms with Crippen LogP contribution in [0.15, 0.2) is 78.4 Å². The van der Waals surface area contributed by atoms with Gasteiger partial charge in [0.25, 0.3) is 0 Å². The second-order valence-electron chi connectivity index (χ2n) is 8.37. The largest absolute Gasteiger partial charge is 0.489 e. The molecule has 0 spiro atoms. The maximum absolute atomic E-state index is 11.0. The van der Waals surface area contributed by atoms with Crippen LogP contribution in [-0.4, -0.2) is 42.2 Å². The van der Waals surface area contributed by atoms with Gasteiger partial charge in [0, 0.05) is 31.3 Å². The minimum atomic E-state index is -0.708. The van der Waals surface area contributed by atoms with Crippen LogP contribution in [-0.2, 0) is 11.4 Å². The highest BCUT2D eigenvalue weighted by molar-refractivity contribution is 5.71. The summed E-state index contributed by atoms with van der Waals surface area (Å²) >= 11 is 0. The first-order valence-electron chi connectivity index (χ1n) is 10.8. The number of likely N-dealkylation sites (tertiary alicyclic amines) is 1. The Morgan fingerprint density at radius 3 is 2.50 bits per heavy atom. The topological polar surface area (TPSA) is 59.0 Å². The third-order valence-electron chi connectivity index (χ3n) is 5.96. The first kappa shape index (κ1) is 20.3. The first-order chi connectivity index (χ1) is 15.6. The molecule has 2 aliphatic heterocycles. The number of hydrogen-bond donors (Lipinski definition) is 1. The minimum Gasteiger partial charge on any atom is -0.489 e. The second kappa shape index (κ2) is 8.89. The van der Waals surface area contributed by atoms with Crippen molar-refractivity contribution < 1.29 is 19.4 Å². The summed E-state index contributed by atoms with van der Waals surface area (Å²) in [4.78, 5) is 13.1. The Kier molecular flexibility index (Phi) is 5.65. The van der Waals surface area contributed by atoms with Gasteiger partial charge < -0.3 is 14.6 Å². The summed E-state index contributed by atoms with van der Waals surface area (Å²) in [6.45, 7) is 2.98. The van der Waals surface area contributed by atoms with Gasteiger partial charge in [-0.3, -0.25) is 9.69 Å². The smallest absolute Gasteiger partial charge is 0.309 e. The Hall–Kier alpha value is -3.57. The van der Waals surface area contributed by atoms with Crippen molar-refractivity contribution in [1.82, 2.24) is 4.90 Å². The van der Waals surface area contributed by atoms with Crippen molar-refractivity contribution in [2.75, 3.05) is 26.2 Å². The molecular formula is C27H25NO4. The monoisotopic (exact) mass is 427 g/mol. The molecule has 2 aliphatic rings. The van der Waals surface area contributed by atoms with Gasteiger partial charge in [0.05, 0.1) is 5.92 Å². The molecule has 1 N–H and O–H groups in total. The van der Waals surface area contributed by atoms with Crippen LogP contribution in [0.5, 0.6) is 11.5 Å². The van der Waals surface area contributed by atoms with Crippen LogP contribution in [0.4, 0.5) is 0 Å². The van der Waals surface area contributed by atoms with Crippen molar-refractivity contribution in [2.45, 2.75) is 6.61 Å². The van der Waals surface area contributed by atoms with E-state index in [9.17, 15) is 4.79 Å². The van der Waals surface area contributed by atoms with Gasteiger partial charge in [0.1, 0.15) is 24.7 Å². The molecule has 32 heavy (non-hydrogen) atoms. The Morgan fingerprint density at radius 1 is 1.00 bits per heavy atom.